The lowest BCUT2D eigenvalue weighted by molar-refractivity contribution is 0.974. The van der Waals surface area contributed by atoms with Crippen molar-refractivity contribution in [3.05, 3.63) is 69.6 Å². The predicted octanol–water partition coefficient (Wildman–Crippen LogP) is 3.73. The van der Waals surface area contributed by atoms with Crippen LogP contribution >= 0.6 is 15.9 Å². The summed E-state index contributed by atoms with van der Waals surface area (Å²) in [6.07, 6.45) is 5.52. The van der Waals surface area contributed by atoms with E-state index in [1.165, 1.54) is 27.9 Å². The number of aromatic amines is 1. The van der Waals surface area contributed by atoms with Gasteiger partial charge in [0.05, 0.1) is 5.69 Å². The third-order valence-electron chi connectivity index (χ3n) is 3.75. The Morgan fingerprint density at radius 3 is 3.05 bits per heavy atom. The number of halogens is 1. The van der Waals surface area contributed by atoms with Crippen molar-refractivity contribution in [3.63, 3.8) is 0 Å². The Bertz CT molecular complexity index is 778. The van der Waals surface area contributed by atoms with E-state index in [9.17, 15) is 0 Å². The number of fused-ring (bicyclic) bond motifs is 3. The van der Waals surface area contributed by atoms with Crippen LogP contribution in [-0.2, 0) is 12.8 Å². The Hall–Kier alpha value is -1.94. The van der Waals surface area contributed by atoms with Crippen molar-refractivity contribution in [2.45, 2.75) is 12.8 Å². The van der Waals surface area contributed by atoms with E-state index in [1.807, 2.05) is 12.3 Å². The molecular weight excluding hydrogens is 314 g/mol. The standard InChI is InChI=1S/C16H12BrN3/c17-12-3-4-13-11(7-12)8-14-15(19-20-16(13)14)6-10-2-1-5-18-9-10/h1-5,7,9H,6,8H2,(H,19,20). The smallest absolute Gasteiger partial charge is 0.0961 e. The van der Waals surface area contributed by atoms with Crippen LogP contribution in [0.1, 0.15) is 22.4 Å². The largest absolute Gasteiger partial charge is 0.281 e. The lowest BCUT2D eigenvalue weighted by Gasteiger charge is -2.01. The Morgan fingerprint density at radius 2 is 2.20 bits per heavy atom. The Kier molecular flexibility index (Phi) is 2.70. The van der Waals surface area contributed by atoms with Crippen LogP contribution < -0.4 is 0 Å². The molecule has 0 atom stereocenters. The van der Waals surface area contributed by atoms with Gasteiger partial charge in [0, 0.05) is 46.5 Å². The lowest BCUT2D eigenvalue weighted by atomic mass is 10.1. The van der Waals surface area contributed by atoms with E-state index in [4.69, 9.17) is 0 Å². The summed E-state index contributed by atoms with van der Waals surface area (Å²) in [5, 5.41) is 7.69. The molecule has 1 aromatic carbocycles. The van der Waals surface area contributed by atoms with E-state index < -0.39 is 0 Å². The van der Waals surface area contributed by atoms with Crippen molar-refractivity contribution >= 4 is 15.9 Å². The molecule has 0 bridgehead atoms. The zero-order chi connectivity index (χ0) is 13.5. The monoisotopic (exact) mass is 325 g/mol. The summed E-state index contributed by atoms with van der Waals surface area (Å²) in [4.78, 5) is 4.17. The maximum absolute atomic E-state index is 4.50. The molecule has 20 heavy (non-hydrogen) atoms. The third-order valence-corrected chi connectivity index (χ3v) is 4.24. The van der Waals surface area contributed by atoms with Gasteiger partial charge >= 0.3 is 0 Å². The summed E-state index contributed by atoms with van der Waals surface area (Å²) < 4.78 is 1.12. The van der Waals surface area contributed by atoms with Gasteiger partial charge in [-0.3, -0.25) is 10.1 Å². The van der Waals surface area contributed by atoms with Gasteiger partial charge in [-0.2, -0.15) is 5.10 Å². The molecule has 3 aromatic rings. The molecule has 3 nitrogen and oxygen atoms in total. The van der Waals surface area contributed by atoms with E-state index >= 15 is 0 Å². The van der Waals surface area contributed by atoms with Gasteiger partial charge in [-0.05, 0) is 29.3 Å². The van der Waals surface area contributed by atoms with Crippen molar-refractivity contribution in [1.29, 1.82) is 0 Å². The molecule has 0 radical (unpaired) electrons. The minimum Gasteiger partial charge on any atom is -0.281 e. The van der Waals surface area contributed by atoms with Gasteiger partial charge in [0.15, 0.2) is 0 Å². The third kappa shape index (κ3) is 1.88. The summed E-state index contributed by atoms with van der Waals surface area (Å²) >= 11 is 3.53. The highest BCUT2D eigenvalue weighted by Gasteiger charge is 2.24. The highest BCUT2D eigenvalue weighted by molar-refractivity contribution is 9.10. The molecule has 98 valence electrons. The highest BCUT2D eigenvalue weighted by Crippen LogP contribution is 2.38. The van der Waals surface area contributed by atoms with Crippen LogP contribution in [0.25, 0.3) is 11.3 Å². The van der Waals surface area contributed by atoms with Gasteiger partial charge in [-0.15, -0.1) is 0 Å². The second-order valence-electron chi connectivity index (χ2n) is 5.05. The first-order chi connectivity index (χ1) is 9.81. The van der Waals surface area contributed by atoms with Crippen LogP contribution in [0.15, 0.2) is 47.2 Å². The van der Waals surface area contributed by atoms with E-state index in [0.29, 0.717) is 0 Å². The molecule has 1 aliphatic carbocycles. The molecule has 1 N–H and O–H groups in total. The summed E-state index contributed by atoms with van der Waals surface area (Å²) in [6.45, 7) is 0. The number of rotatable bonds is 2. The predicted molar refractivity (Wildman–Crippen MR) is 81.6 cm³/mol. The number of benzene rings is 1. The Labute approximate surface area is 125 Å². The van der Waals surface area contributed by atoms with E-state index in [-0.39, 0.29) is 0 Å². The molecule has 0 saturated heterocycles. The summed E-state index contributed by atoms with van der Waals surface area (Å²) in [5.74, 6) is 0. The van der Waals surface area contributed by atoms with Crippen molar-refractivity contribution in [1.82, 2.24) is 15.2 Å². The van der Waals surface area contributed by atoms with Crippen LogP contribution in [0.2, 0.25) is 0 Å². The zero-order valence-corrected chi connectivity index (χ0v) is 12.3. The van der Waals surface area contributed by atoms with Crippen LogP contribution in [-0.4, -0.2) is 15.2 Å². The van der Waals surface area contributed by atoms with Crippen molar-refractivity contribution in [3.8, 4) is 11.3 Å². The van der Waals surface area contributed by atoms with Gasteiger partial charge in [0.2, 0.25) is 0 Å². The highest BCUT2D eigenvalue weighted by atomic mass is 79.9. The number of pyridine rings is 1. The van der Waals surface area contributed by atoms with Crippen molar-refractivity contribution < 1.29 is 0 Å². The summed E-state index contributed by atoms with van der Waals surface area (Å²) in [7, 11) is 0. The van der Waals surface area contributed by atoms with Crippen LogP contribution in [0, 0.1) is 0 Å². The maximum Gasteiger partial charge on any atom is 0.0961 e. The molecule has 0 unspecified atom stereocenters. The molecular formula is C16H12BrN3. The molecule has 0 amide bonds. The van der Waals surface area contributed by atoms with Gasteiger partial charge in [-0.1, -0.05) is 28.1 Å². The molecule has 4 heteroatoms. The van der Waals surface area contributed by atoms with Gasteiger partial charge in [0.1, 0.15) is 0 Å². The minimum atomic E-state index is 0.853. The topological polar surface area (TPSA) is 41.6 Å². The number of hydrogen-bond acceptors (Lipinski definition) is 2. The lowest BCUT2D eigenvalue weighted by Crippen LogP contribution is -1.94. The minimum absolute atomic E-state index is 0.853. The van der Waals surface area contributed by atoms with Crippen LogP contribution in [0.4, 0.5) is 0 Å². The van der Waals surface area contributed by atoms with E-state index in [1.54, 1.807) is 6.20 Å². The zero-order valence-electron chi connectivity index (χ0n) is 10.7. The molecule has 2 heterocycles. The van der Waals surface area contributed by atoms with E-state index in [0.717, 1.165) is 23.0 Å². The Morgan fingerprint density at radius 1 is 1.25 bits per heavy atom. The Balaban J connectivity index is 1.72. The average molecular weight is 326 g/mol. The van der Waals surface area contributed by atoms with Crippen molar-refractivity contribution in [2.75, 3.05) is 0 Å². The van der Waals surface area contributed by atoms with Gasteiger partial charge in [-0.25, -0.2) is 0 Å². The molecule has 0 saturated carbocycles. The molecule has 0 spiro atoms. The molecule has 0 fully saturated rings. The molecule has 1 aliphatic rings. The summed E-state index contributed by atoms with van der Waals surface area (Å²) in [6, 6.07) is 10.5. The van der Waals surface area contributed by atoms with Gasteiger partial charge < -0.3 is 0 Å². The maximum atomic E-state index is 4.50. The van der Waals surface area contributed by atoms with E-state index in [2.05, 4.69) is 55.4 Å². The molecule has 0 aliphatic heterocycles. The quantitative estimate of drug-likeness (QED) is 0.610. The second kappa shape index (κ2) is 4.56. The van der Waals surface area contributed by atoms with Gasteiger partial charge in [0.25, 0.3) is 0 Å². The first-order valence-corrected chi connectivity index (χ1v) is 7.34. The normalized spacial score (nSPS) is 12.2. The fraction of sp³-hybridized carbons (Fsp3) is 0.125. The number of aromatic nitrogens is 3. The van der Waals surface area contributed by atoms with Crippen LogP contribution in [0.5, 0.6) is 0 Å². The number of nitrogens with zero attached hydrogens (tertiary/aromatic N) is 2. The fourth-order valence-electron chi connectivity index (χ4n) is 2.80. The fourth-order valence-corrected chi connectivity index (χ4v) is 3.21. The van der Waals surface area contributed by atoms with Crippen molar-refractivity contribution in [2.24, 2.45) is 0 Å². The first kappa shape index (κ1) is 11.9. The number of H-pyrrole nitrogens is 1. The van der Waals surface area contributed by atoms with Crippen LogP contribution in [0.3, 0.4) is 0 Å². The first-order valence-electron chi connectivity index (χ1n) is 6.55. The molecule has 4 rings (SSSR count). The SMILES string of the molecule is Brc1ccc2c(c1)Cc1c-2n[nH]c1Cc1cccnc1. The average Bonchev–Trinajstić information content (AvgIpc) is 2.99. The second-order valence-corrected chi connectivity index (χ2v) is 5.96. The molecule has 2 aromatic heterocycles. The number of hydrogen-bond donors (Lipinski definition) is 1. The number of nitrogens with one attached hydrogen (secondary N) is 1. The summed E-state index contributed by atoms with van der Waals surface area (Å²) in [5.41, 5.74) is 7.42.